The molecule has 9 nitrogen and oxygen atoms in total. The molecule has 5 rings (SSSR count). The molecule has 1 N–H and O–H groups in total. The monoisotopic (exact) mass is 505 g/mol. The molecule has 3 fully saturated rings. The second-order valence-electron chi connectivity index (χ2n) is 9.23. The minimum atomic E-state index is -0.917. The van der Waals surface area contributed by atoms with Gasteiger partial charge in [-0.1, -0.05) is 11.6 Å². The Bertz CT molecular complexity index is 1170. The van der Waals surface area contributed by atoms with Crippen LogP contribution in [0.1, 0.15) is 19.8 Å². The van der Waals surface area contributed by atoms with E-state index in [9.17, 15) is 9.18 Å². The number of hydrogen-bond acceptors (Lipinski definition) is 7. The van der Waals surface area contributed by atoms with E-state index in [2.05, 4.69) is 20.1 Å². The van der Waals surface area contributed by atoms with Crippen molar-refractivity contribution in [1.29, 1.82) is 0 Å². The summed E-state index contributed by atoms with van der Waals surface area (Å²) in [5.74, 6) is -2.79. The Labute approximate surface area is 205 Å². The lowest BCUT2D eigenvalue weighted by molar-refractivity contribution is -0.112. The fraction of sp³-hybridized carbons (Fsp3) is 0.478. The van der Waals surface area contributed by atoms with Gasteiger partial charge >= 0.3 is 6.09 Å². The molecule has 0 radical (unpaired) electrons. The predicted molar refractivity (Wildman–Crippen MR) is 121 cm³/mol. The molecule has 1 aromatic heterocycles. The normalized spacial score (nSPS) is 24.3. The number of piperidine rings is 1. The summed E-state index contributed by atoms with van der Waals surface area (Å²) in [5.41, 5.74) is -0.577. The van der Waals surface area contributed by atoms with Gasteiger partial charge in [-0.15, -0.1) is 0 Å². The third-order valence-electron chi connectivity index (χ3n) is 6.45. The van der Waals surface area contributed by atoms with Gasteiger partial charge in [0.05, 0.1) is 30.5 Å². The number of carbonyl (C=O) groups excluding carboxylic acids is 1. The van der Waals surface area contributed by atoms with Crippen LogP contribution < -0.4 is 10.1 Å². The molecule has 12 heteroatoms. The van der Waals surface area contributed by atoms with E-state index in [1.165, 1.54) is 6.07 Å². The Morgan fingerprint density at radius 1 is 1.29 bits per heavy atom. The maximum absolute atomic E-state index is 15.3. The van der Waals surface area contributed by atoms with Crippen molar-refractivity contribution in [2.45, 2.75) is 31.5 Å². The number of nitrogens with one attached hydrogen (secondary N) is 1. The molecule has 1 amide bonds. The van der Waals surface area contributed by atoms with Crippen LogP contribution in [0.2, 0.25) is 5.02 Å². The summed E-state index contributed by atoms with van der Waals surface area (Å²) in [5, 5.41) is 2.43. The number of ether oxygens (including phenoxy) is 3. The quantitative estimate of drug-likeness (QED) is 0.588. The van der Waals surface area contributed by atoms with Crippen molar-refractivity contribution in [3.8, 4) is 5.88 Å². The van der Waals surface area contributed by atoms with Gasteiger partial charge in [-0.05, 0) is 31.9 Å². The number of benzene rings is 1. The molecule has 1 saturated carbocycles. The lowest BCUT2D eigenvalue weighted by Crippen LogP contribution is -2.59. The van der Waals surface area contributed by atoms with Crippen molar-refractivity contribution in [3.05, 3.63) is 46.5 Å². The van der Waals surface area contributed by atoms with E-state index in [0.29, 0.717) is 26.3 Å². The maximum Gasteiger partial charge on any atom is 0.410 e. The summed E-state index contributed by atoms with van der Waals surface area (Å²) in [7, 11) is 0. The number of rotatable bonds is 5. The Hall–Kier alpha value is -3.23. The predicted octanol–water partition coefficient (Wildman–Crippen LogP) is 4.72. The van der Waals surface area contributed by atoms with Crippen LogP contribution in [0.5, 0.6) is 5.88 Å². The SMILES string of the molecule is [C-]#[N+]c1cc(F)c(Nc2ncnc(OC3C4COCC3CN(C(=O)OC3(C)CC3)C4)c2F)c(Cl)c1. The van der Waals surface area contributed by atoms with Crippen LogP contribution in [0.15, 0.2) is 18.5 Å². The largest absolute Gasteiger partial charge is 0.471 e. The zero-order chi connectivity index (χ0) is 24.7. The number of nitrogens with zero attached hydrogens (tertiary/aromatic N) is 4. The van der Waals surface area contributed by atoms with E-state index >= 15 is 4.39 Å². The molecule has 0 spiro atoms. The molecular formula is C23H22ClF2N5O4. The Kier molecular flexibility index (Phi) is 6.11. The van der Waals surface area contributed by atoms with Crippen molar-refractivity contribution in [2.24, 2.45) is 11.8 Å². The third-order valence-corrected chi connectivity index (χ3v) is 6.75. The Morgan fingerprint density at radius 3 is 2.63 bits per heavy atom. The minimum Gasteiger partial charge on any atom is -0.471 e. The zero-order valence-electron chi connectivity index (χ0n) is 18.8. The second-order valence-corrected chi connectivity index (χ2v) is 9.63. The molecular weight excluding hydrogens is 484 g/mol. The highest BCUT2D eigenvalue weighted by Gasteiger charge is 2.47. The summed E-state index contributed by atoms with van der Waals surface area (Å²) in [6, 6.07) is 2.25. The molecule has 2 unspecified atom stereocenters. The van der Waals surface area contributed by atoms with E-state index in [0.717, 1.165) is 25.2 Å². The smallest absolute Gasteiger partial charge is 0.410 e. The fourth-order valence-electron chi connectivity index (χ4n) is 4.31. The average Bonchev–Trinajstić information content (AvgIpc) is 3.54. The number of anilines is 2. The summed E-state index contributed by atoms with van der Waals surface area (Å²) < 4.78 is 46.9. The van der Waals surface area contributed by atoms with Crippen LogP contribution in [0.4, 0.5) is 30.8 Å². The summed E-state index contributed by atoms with van der Waals surface area (Å²) in [4.78, 5) is 25.2. The third kappa shape index (κ3) is 4.81. The average molecular weight is 506 g/mol. The van der Waals surface area contributed by atoms with E-state index in [4.69, 9.17) is 32.4 Å². The second kappa shape index (κ2) is 9.09. The van der Waals surface area contributed by atoms with Gasteiger partial charge in [0.2, 0.25) is 5.82 Å². The summed E-state index contributed by atoms with van der Waals surface area (Å²) >= 11 is 6.06. The molecule has 3 heterocycles. The summed E-state index contributed by atoms with van der Waals surface area (Å²) in [6.45, 7) is 10.3. The first-order valence-corrected chi connectivity index (χ1v) is 11.5. The van der Waals surface area contributed by atoms with Crippen molar-refractivity contribution in [2.75, 3.05) is 31.6 Å². The number of fused-ring (bicyclic) bond motifs is 2. The van der Waals surface area contributed by atoms with Gasteiger partial charge < -0.3 is 24.4 Å². The van der Waals surface area contributed by atoms with E-state index in [-0.39, 0.29) is 51.6 Å². The number of likely N-dealkylation sites (tertiary alicyclic amines) is 1. The van der Waals surface area contributed by atoms with Gasteiger partial charge in [-0.25, -0.2) is 19.0 Å². The van der Waals surface area contributed by atoms with Gasteiger partial charge in [0.15, 0.2) is 11.5 Å². The minimum absolute atomic E-state index is 0.0143. The molecule has 2 saturated heterocycles. The summed E-state index contributed by atoms with van der Waals surface area (Å²) in [6.07, 6.45) is 2.00. The standard InChI is InChI=1S/C23H22ClF2N5O4/c1-23(3-4-23)35-22(32)31-7-12-9-33-10-13(8-31)19(12)34-21-17(26)20(28-11-29-21)30-18-15(24)5-14(27-2)6-16(18)25/h5-6,11-13,19H,3-4,7-10H2,1H3,(H,28,29,30). The van der Waals surface area contributed by atoms with Gasteiger partial charge in [0, 0.05) is 24.9 Å². The number of halogens is 3. The first kappa shape index (κ1) is 23.5. The van der Waals surface area contributed by atoms with Crippen molar-refractivity contribution in [1.82, 2.24) is 14.9 Å². The molecule has 2 aliphatic heterocycles. The van der Waals surface area contributed by atoms with Crippen molar-refractivity contribution >= 4 is 34.9 Å². The number of aromatic nitrogens is 2. The topological polar surface area (TPSA) is 90.2 Å². The first-order chi connectivity index (χ1) is 16.8. The van der Waals surface area contributed by atoms with E-state index in [1.807, 2.05) is 6.92 Å². The molecule has 1 aliphatic carbocycles. The Morgan fingerprint density at radius 2 is 2.00 bits per heavy atom. The van der Waals surface area contributed by atoms with Crippen LogP contribution in [0, 0.1) is 30.0 Å². The van der Waals surface area contributed by atoms with Crippen LogP contribution in [-0.2, 0) is 9.47 Å². The van der Waals surface area contributed by atoms with Crippen LogP contribution in [0.3, 0.4) is 0 Å². The zero-order valence-corrected chi connectivity index (χ0v) is 19.5. The van der Waals surface area contributed by atoms with Gasteiger partial charge in [-0.2, -0.15) is 9.37 Å². The van der Waals surface area contributed by atoms with Crippen LogP contribution >= 0.6 is 11.6 Å². The molecule has 2 bridgehead atoms. The van der Waals surface area contributed by atoms with E-state index in [1.54, 1.807) is 4.90 Å². The molecule has 2 aromatic rings. The molecule has 184 valence electrons. The molecule has 1 aromatic carbocycles. The van der Waals surface area contributed by atoms with Gasteiger partial charge in [0.25, 0.3) is 5.88 Å². The van der Waals surface area contributed by atoms with Crippen molar-refractivity contribution in [3.63, 3.8) is 0 Å². The highest BCUT2D eigenvalue weighted by molar-refractivity contribution is 6.33. The fourth-order valence-corrected chi connectivity index (χ4v) is 4.56. The number of carbonyl (C=O) groups is 1. The first-order valence-electron chi connectivity index (χ1n) is 11.1. The maximum atomic E-state index is 15.3. The van der Waals surface area contributed by atoms with Gasteiger partial charge in [0.1, 0.15) is 23.8 Å². The van der Waals surface area contributed by atoms with Crippen molar-refractivity contribution < 1.29 is 27.8 Å². The highest BCUT2D eigenvalue weighted by Crippen LogP contribution is 2.40. The van der Waals surface area contributed by atoms with Gasteiger partial charge in [-0.3, -0.25) is 0 Å². The molecule has 35 heavy (non-hydrogen) atoms. The number of hydrogen-bond donors (Lipinski definition) is 1. The molecule has 2 atom stereocenters. The highest BCUT2D eigenvalue weighted by atomic mass is 35.5. The Balaban J connectivity index is 1.32. The number of amides is 1. The molecule has 3 aliphatic rings. The lowest BCUT2D eigenvalue weighted by atomic mass is 9.84. The van der Waals surface area contributed by atoms with E-state index < -0.39 is 17.7 Å². The van der Waals surface area contributed by atoms with Crippen LogP contribution in [0.25, 0.3) is 4.85 Å². The lowest BCUT2D eigenvalue weighted by Gasteiger charge is -2.46. The van der Waals surface area contributed by atoms with Crippen LogP contribution in [-0.4, -0.2) is 59.0 Å².